The van der Waals surface area contributed by atoms with Crippen molar-refractivity contribution >= 4 is 27.5 Å². The first-order valence-corrected chi connectivity index (χ1v) is 4.79. The number of nitrogen functional groups attached to an aromatic ring is 1. The number of methoxy groups -OCH3 is 1. The number of halogens is 1. The van der Waals surface area contributed by atoms with Gasteiger partial charge in [-0.25, -0.2) is 4.52 Å². The van der Waals surface area contributed by atoms with Crippen LogP contribution >= 0.6 is 15.9 Å². The highest BCUT2D eigenvalue weighted by molar-refractivity contribution is 9.10. The third-order valence-electron chi connectivity index (χ3n) is 1.79. The molecule has 6 heteroatoms. The molecule has 0 unspecified atom stereocenters. The van der Waals surface area contributed by atoms with E-state index in [1.165, 1.54) is 0 Å². The normalized spacial score (nSPS) is 11.0. The van der Waals surface area contributed by atoms with Gasteiger partial charge in [-0.3, -0.25) is 0 Å². The summed E-state index contributed by atoms with van der Waals surface area (Å²) in [5.74, 6) is 0.264. The number of hydrogen-bond acceptors (Lipinski definition) is 4. The van der Waals surface area contributed by atoms with E-state index in [0.717, 1.165) is 15.7 Å². The number of ether oxygens (including phenoxy) is 1. The van der Waals surface area contributed by atoms with E-state index in [1.54, 1.807) is 17.8 Å². The number of aromatic nitrogens is 3. The molecular weight excluding hydrogens is 248 g/mol. The lowest BCUT2D eigenvalue weighted by molar-refractivity contribution is 0.185. The van der Waals surface area contributed by atoms with Crippen LogP contribution in [-0.2, 0) is 11.3 Å². The second kappa shape index (κ2) is 3.55. The maximum absolute atomic E-state index is 5.51. The Morgan fingerprint density at radius 3 is 3.14 bits per heavy atom. The van der Waals surface area contributed by atoms with Crippen molar-refractivity contribution < 1.29 is 4.74 Å². The van der Waals surface area contributed by atoms with Crippen molar-refractivity contribution in [1.29, 1.82) is 0 Å². The highest BCUT2D eigenvalue weighted by Gasteiger charge is 2.07. The van der Waals surface area contributed by atoms with Crippen molar-refractivity contribution in [3.63, 3.8) is 0 Å². The molecule has 5 nitrogen and oxygen atoms in total. The number of rotatable bonds is 2. The van der Waals surface area contributed by atoms with Gasteiger partial charge in [0, 0.05) is 23.3 Å². The fraction of sp³-hybridized carbons (Fsp3) is 0.250. The maximum atomic E-state index is 5.51. The summed E-state index contributed by atoms with van der Waals surface area (Å²) in [5, 5.41) is 4.01. The van der Waals surface area contributed by atoms with Crippen LogP contribution in [0.25, 0.3) is 5.65 Å². The number of fused-ring (bicyclic) bond motifs is 1. The predicted octanol–water partition coefficient (Wildman–Crippen LogP) is 1.22. The summed E-state index contributed by atoms with van der Waals surface area (Å²) >= 11 is 3.38. The first-order valence-electron chi connectivity index (χ1n) is 4.00. The summed E-state index contributed by atoms with van der Waals surface area (Å²) in [6.07, 6.45) is 1.80. The van der Waals surface area contributed by atoms with Gasteiger partial charge in [-0.15, -0.1) is 5.10 Å². The van der Waals surface area contributed by atoms with Crippen LogP contribution in [0.2, 0.25) is 0 Å². The number of pyridine rings is 1. The van der Waals surface area contributed by atoms with Crippen molar-refractivity contribution in [2.45, 2.75) is 6.61 Å². The minimum absolute atomic E-state index is 0.264. The molecule has 0 fully saturated rings. The fourth-order valence-corrected chi connectivity index (χ4v) is 1.77. The number of nitrogens with two attached hydrogens (primary N) is 1. The van der Waals surface area contributed by atoms with E-state index in [4.69, 9.17) is 10.5 Å². The molecule has 0 bridgehead atoms. The number of anilines is 1. The van der Waals surface area contributed by atoms with Gasteiger partial charge in [0.25, 0.3) is 0 Å². The van der Waals surface area contributed by atoms with Gasteiger partial charge in [-0.2, -0.15) is 4.98 Å². The Kier molecular flexibility index (Phi) is 2.39. The minimum atomic E-state index is 0.264. The zero-order valence-electron chi connectivity index (χ0n) is 7.57. The Hall–Kier alpha value is -1.14. The van der Waals surface area contributed by atoms with Crippen molar-refractivity contribution in [3.8, 4) is 0 Å². The lowest BCUT2D eigenvalue weighted by atomic mass is 10.3. The molecule has 0 radical (unpaired) electrons. The zero-order chi connectivity index (χ0) is 10.1. The Balaban J connectivity index is 2.66. The van der Waals surface area contributed by atoms with Crippen molar-refractivity contribution in [2.75, 3.05) is 12.8 Å². The van der Waals surface area contributed by atoms with Crippen LogP contribution in [-0.4, -0.2) is 21.7 Å². The monoisotopic (exact) mass is 256 g/mol. The van der Waals surface area contributed by atoms with Gasteiger partial charge in [-0.1, -0.05) is 0 Å². The van der Waals surface area contributed by atoms with E-state index in [-0.39, 0.29) is 5.95 Å². The van der Waals surface area contributed by atoms with E-state index in [1.807, 2.05) is 6.07 Å². The molecule has 0 saturated heterocycles. The summed E-state index contributed by atoms with van der Waals surface area (Å²) < 4.78 is 7.61. The van der Waals surface area contributed by atoms with Crippen LogP contribution < -0.4 is 5.73 Å². The van der Waals surface area contributed by atoms with Crippen molar-refractivity contribution in [2.24, 2.45) is 0 Å². The van der Waals surface area contributed by atoms with Gasteiger partial charge in [-0.05, 0) is 22.0 Å². The molecule has 0 aromatic carbocycles. The maximum Gasteiger partial charge on any atom is 0.240 e. The molecule has 0 amide bonds. The molecular formula is C8H9BrN4O. The van der Waals surface area contributed by atoms with E-state index < -0.39 is 0 Å². The van der Waals surface area contributed by atoms with E-state index >= 15 is 0 Å². The fourth-order valence-electron chi connectivity index (χ4n) is 1.30. The van der Waals surface area contributed by atoms with Crippen LogP contribution in [0.4, 0.5) is 5.95 Å². The molecule has 2 N–H and O–H groups in total. The van der Waals surface area contributed by atoms with Crippen LogP contribution in [0.1, 0.15) is 5.56 Å². The molecule has 0 atom stereocenters. The van der Waals surface area contributed by atoms with E-state index in [0.29, 0.717) is 6.61 Å². The highest BCUT2D eigenvalue weighted by Crippen LogP contribution is 2.17. The largest absolute Gasteiger partial charge is 0.380 e. The van der Waals surface area contributed by atoms with Crippen molar-refractivity contribution in [1.82, 2.24) is 14.6 Å². The van der Waals surface area contributed by atoms with Crippen LogP contribution in [0.5, 0.6) is 0 Å². The second-order valence-corrected chi connectivity index (χ2v) is 3.77. The van der Waals surface area contributed by atoms with E-state index in [2.05, 4.69) is 26.0 Å². The topological polar surface area (TPSA) is 65.4 Å². The molecule has 0 aliphatic heterocycles. The molecule has 2 aromatic heterocycles. The summed E-state index contributed by atoms with van der Waals surface area (Å²) in [6.45, 7) is 0.487. The van der Waals surface area contributed by atoms with Gasteiger partial charge in [0.15, 0.2) is 5.65 Å². The Labute approximate surface area is 89.0 Å². The molecule has 2 rings (SSSR count). The SMILES string of the molecule is COCc1cc(Br)cn2nc(N)nc12. The molecule has 2 heterocycles. The smallest absolute Gasteiger partial charge is 0.240 e. The summed E-state index contributed by atoms with van der Waals surface area (Å²) in [5.41, 5.74) is 7.19. The predicted molar refractivity (Wildman–Crippen MR) is 55.8 cm³/mol. The average molecular weight is 257 g/mol. The van der Waals surface area contributed by atoms with Crippen LogP contribution in [0, 0.1) is 0 Å². The Bertz CT molecular complexity index is 468. The molecule has 0 spiro atoms. The molecule has 0 saturated carbocycles. The molecule has 2 aromatic rings. The van der Waals surface area contributed by atoms with Crippen LogP contribution in [0.15, 0.2) is 16.7 Å². The van der Waals surface area contributed by atoms with Gasteiger partial charge >= 0.3 is 0 Å². The van der Waals surface area contributed by atoms with Gasteiger partial charge in [0.2, 0.25) is 5.95 Å². The summed E-state index contributed by atoms with van der Waals surface area (Å²) in [4.78, 5) is 4.10. The molecule has 14 heavy (non-hydrogen) atoms. The van der Waals surface area contributed by atoms with E-state index in [9.17, 15) is 0 Å². The lowest BCUT2D eigenvalue weighted by Gasteiger charge is -2.01. The summed E-state index contributed by atoms with van der Waals surface area (Å²) in [6, 6.07) is 1.94. The number of hydrogen-bond donors (Lipinski definition) is 1. The molecule has 0 aliphatic rings. The standard InChI is InChI=1S/C8H9BrN4O/c1-14-4-5-2-6(9)3-13-7(5)11-8(10)12-13/h2-3H,4H2,1H3,(H2,10,12). The van der Waals surface area contributed by atoms with Gasteiger partial charge in [0.05, 0.1) is 6.61 Å². The highest BCUT2D eigenvalue weighted by atomic mass is 79.9. The first kappa shape index (κ1) is 9.42. The minimum Gasteiger partial charge on any atom is -0.380 e. The van der Waals surface area contributed by atoms with Gasteiger partial charge < -0.3 is 10.5 Å². The third-order valence-corrected chi connectivity index (χ3v) is 2.23. The first-order chi connectivity index (χ1) is 6.70. The summed E-state index contributed by atoms with van der Waals surface area (Å²) in [7, 11) is 1.64. The van der Waals surface area contributed by atoms with Gasteiger partial charge in [0.1, 0.15) is 0 Å². The average Bonchev–Trinajstić information content (AvgIpc) is 2.45. The molecule has 0 aliphatic carbocycles. The van der Waals surface area contributed by atoms with Crippen molar-refractivity contribution in [3.05, 3.63) is 22.3 Å². The van der Waals surface area contributed by atoms with Crippen LogP contribution in [0.3, 0.4) is 0 Å². The quantitative estimate of drug-likeness (QED) is 0.878. The second-order valence-electron chi connectivity index (χ2n) is 2.85. The molecule has 74 valence electrons. The third kappa shape index (κ3) is 1.58. The zero-order valence-corrected chi connectivity index (χ0v) is 9.15. The Morgan fingerprint density at radius 2 is 2.43 bits per heavy atom. The lowest BCUT2D eigenvalue weighted by Crippen LogP contribution is -1.95. The Morgan fingerprint density at radius 1 is 1.64 bits per heavy atom. The number of nitrogens with zero attached hydrogens (tertiary/aromatic N) is 3.